The summed E-state index contributed by atoms with van der Waals surface area (Å²) in [5, 5.41) is 18.7. The molecule has 2 bridgehead atoms. The van der Waals surface area contributed by atoms with Gasteiger partial charge >= 0.3 is 5.97 Å². The summed E-state index contributed by atoms with van der Waals surface area (Å²) in [7, 11) is 0. The van der Waals surface area contributed by atoms with Crippen LogP contribution in [0.1, 0.15) is 43.2 Å². The van der Waals surface area contributed by atoms with Gasteiger partial charge in [-0.1, -0.05) is 30.3 Å². The first-order valence-corrected chi connectivity index (χ1v) is 10.4. The van der Waals surface area contributed by atoms with E-state index >= 15 is 0 Å². The first kappa shape index (κ1) is 19.8. The van der Waals surface area contributed by atoms with Crippen LogP contribution >= 0.6 is 0 Å². The van der Waals surface area contributed by atoms with Gasteiger partial charge in [0.25, 0.3) is 0 Å². The smallest absolute Gasteiger partial charge is 0.341 e. The van der Waals surface area contributed by atoms with Crippen molar-refractivity contribution >= 4 is 5.97 Å². The molecule has 0 unspecified atom stereocenters. The van der Waals surface area contributed by atoms with E-state index in [0.717, 1.165) is 56.1 Å². The van der Waals surface area contributed by atoms with Crippen molar-refractivity contribution in [1.82, 2.24) is 0 Å². The van der Waals surface area contributed by atoms with Crippen LogP contribution in [0, 0.1) is 5.41 Å². The van der Waals surface area contributed by atoms with Gasteiger partial charge in [0, 0.05) is 5.41 Å². The number of ether oxygens (including phenoxy) is 2. The molecular weight excluding hydrogens is 368 g/mol. The first-order valence-electron chi connectivity index (χ1n) is 10.4. The van der Waals surface area contributed by atoms with Crippen molar-refractivity contribution in [2.45, 2.75) is 57.2 Å². The lowest BCUT2D eigenvalue weighted by molar-refractivity contribution is -0.139. The van der Waals surface area contributed by atoms with Gasteiger partial charge < -0.3 is 19.7 Å². The molecule has 2 aliphatic heterocycles. The molecule has 3 atom stereocenters. The second-order valence-electron chi connectivity index (χ2n) is 8.38. The topological polar surface area (TPSA) is 76.0 Å². The number of aromatic hydroxyl groups is 1. The maximum Gasteiger partial charge on any atom is 0.341 e. The van der Waals surface area contributed by atoms with Crippen molar-refractivity contribution < 1.29 is 24.5 Å². The van der Waals surface area contributed by atoms with Crippen LogP contribution in [0.25, 0.3) is 0 Å². The number of carboxylic acids is 1. The molecule has 0 aliphatic carbocycles. The van der Waals surface area contributed by atoms with Gasteiger partial charge in [0.2, 0.25) is 0 Å². The summed E-state index contributed by atoms with van der Waals surface area (Å²) in [4.78, 5) is 10.9. The van der Waals surface area contributed by atoms with Gasteiger partial charge in [0.15, 0.2) is 6.61 Å². The fourth-order valence-electron chi connectivity index (χ4n) is 5.09. The van der Waals surface area contributed by atoms with Crippen molar-refractivity contribution in [1.29, 1.82) is 0 Å². The summed E-state index contributed by atoms with van der Waals surface area (Å²) < 4.78 is 11.8. The predicted molar refractivity (Wildman–Crippen MR) is 109 cm³/mol. The highest BCUT2D eigenvalue weighted by Gasteiger charge is 2.51. The Hall–Kier alpha value is -2.53. The number of carboxylic acid groups (broad SMARTS) is 1. The number of aliphatic carboxylic acids is 1. The molecule has 0 radical (unpaired) electrons. The van der Waals surface area contributed by atoms with Gasteiger partial charge in [-0.3, -0.25) is 0 Å². The molecule has 2 saturated heterocycles. The average Bonchev–Trinajstić information content (AvgIpc) is 3.29. The minimum atomic E-state index is -0.969. The molecule has 154 valence electrons. The highest BCUT2D eigenvalue weighted by Crippen LogP contribution is 2.53. The van der Waals surface area contributed by atoms with Crippen LogP contribution in [0.5, 0.6) is 11.5 Å². The Kier molecular flexibility index (Phi) is 5.76. The zero-order valence-corrected chi connectivity index (χ0v) is 16.5. The molecule has 2 aliphatic rings. The number of rotatable bonds is 9. The fourth-order valence-corrected chi connectivity index (χ4v) is 5.09. The molecule has 2 heterocycles. The molecule has 0 aromatic heterocycles. The van der Waals surface area contributed by atoms with Crippen LogP contribution in [0.3, 0.4) is 0 Å². The van der Waals surface area contributed by atoms with E-state index in [4.69, 9.17) is 14.6 Å². The van der Waals surface area contributed by atoms with Crippen molar-refractivity contribution in [2.75, 3.05) is 6.61 Å². The monoisotopic (exact) mass is 396 g/mol. The standard InChI is InChI=1S/C24H28O5/c25-19-8-3-5-17(13-19)6-4-12-24(15-20-10-11-22(24)29-20)14-18-7-1-2-9-21(18)28-16-23(26)27/h1-3,5,7-9,13,20,22,25H,4,6,10-12,14-16H2,(H,26,27)/t20-,22+,24+/m1/s1. The Bertz CT molecular complexity index is 864. The quantitative estimate of drug-likeness (QED) is 0.659. The number of phenols is 1. The van der Waals surface area contributed by atoms with Crippen molar-refractivity contribution in [3.05, 3.63) is 59.7 Å². The van der Waals surface area contributed by atoms with Crippen LogP contribution < -0.4 is 4.74 Å². The van der Waals surface area contributed by atoms with Crippen molar-refractivity contribution in [2.24, 2.45) is 5.41 Å². The van der Waals surface area contributed by atoms with E-state index in [2.05, 4.69) is 6.07 Å². The Balaban J connectivity index is 1.49. The van der Waals surface area contributed by atoms with E-state index in [1.54, 1.807) is 6.07 Å². The average molecular weight is 396 g/mol. The lowest BCUT2D eigenvalue weighted by Crippen LogP contribution is -2.35. The van der Waals surface area contributed by atoms with Gasteiger partial charge in [-0.25, -0.2) is 4.79 Å². The SMILES string of the molecule is O=C(O)COc1ccccc1C[C@@]1(CCCc2cccc(O)c2)C[C@H]2CC[C@@H]1O2. The third-order valence-corrected chi connectivity index (χ3v) is 6.34. The van der Waals surface area contributed by atoms with E-state index in [0.29, 0.717) is 17.6 Å². The Morgan fingerprint density at radius 1 is 1.17 bits per heavy atom. The van der Waals surface area contributed by atoms with Gasteiger partial charge in [0.05, 0.1) is 12.2 Å². The molecule has 5 nitrogen and oxygen atoms in total. The van der Waals surface area contributed by atoms with Crippen LogP contribution in [-0.4, -0.2) is 35.0 Å². The molecule has 5 heteroatoms. The third kappa shape index (κ3) is 4.56. The Morgan fingerprint density at radius 3 is 2.76 bits per heavy atom. The van der Waals surface area contributed by atoms with Gasteiger partial charge in [-0.05, 0) is 74.3 Å². The molecule has 0 amide bonds. The van der Waals surface area contributed by atoms with Gasteiger partial charge in [-0.2, -0.15) is 0 Å². The predicted octanol–water partition coefficient (Wildman–Crippen LogP) is 4.36. The van der Waals surface area contributed by atoms with E-state index < -0.39 is 5.97 Å². The molecule has 2 aromatic carbocycles. The third-order valence-electron chi connectivity index (χ3n) is 6.34. The van der Waals surface area contributed by atoms with Gasteiger partial charge in [0.1, 0.15) is 11.5 Å². The number of aryl methyl sites for hydroxylation is 1. The highest BCUT2D eigenvalue weighted by atomic mass is 16.5. The largest absolute Gasteiger partial charge is 0.508 e. The van der Waals surface area contributed by atoms with E-state index in [9.17, 15) is 9.90 Å². The van der Waals surface area contributed by atoms with Crippen molar-refractivity contribution in [3.63, 3.8) is 0 Å². The van der Waals surface area contributed by atoms with E-state index in [1.165, 1.54) is 0 Å². The summed E-state index contributed by atoms with van der Waals surface area (Å²) in [6.45, 7) is -0.329. The van der Waals surface area contributed by atoms with Crippen LogP contribution in [-0.2, 0) is 22.4 Å². The minimum Gasteiger partial charge on any atom is -0.508 e. The highest BCUT2D eigenvalue weighted by molar-refractivity contribution is 5.68. The zero-order chi connectivity index (χ0) is 20.3. The lowest BCUT2D eigenvalue weighted by atomic mass is 9.67. The number of fused-ring (bicyclic) bond motifs is 2. The minimum absolute atomic E-state index is 0.0580. The number of benzene rings is 2. The number of hydrogen-bond donors (Lipinski definition) is 2. The lowest BCUT2D eigenvalue weighted by Gasteiger charge is -2.36. The molecular formula is C24H28O5. The summed E-state index contributed by atoms with van der Waals surface area (Å²) in [5.74, 6) is -0.00102. The maximum atomic E-state index is 10.9. The van der Waals surface area contributed by atoms with Crippen molar-refractivity contribution in [3.8, 4) is 11.5 Å². The Morgan fingerprint density at radius 2 is 2.03 bits per heavy atom. The fraction of sp³-hybridized carbons (Fsp3) is 0.458. The molecule has 2 aromatic rings. The zero-order valence-electron chi connectivity index (χ0n) is 16.5. The normalized spacial score (nSPS) is 25.2. The summed E-state index contributed by atoms with van der Waals surface area (Å²) in [5.41, 5.74) is 2.26. The van der Waals surface area contributed by atoms with Crippen LogP contribution in [0.2, 0.25) is 0 Å². The Labute approximate surface area is 171 Å². The summed E-state index contributed by atoms with van der Waals surface area (Å²) in [6, 6.07) is 15.2. The second kappa shape index (κ2) is 8.46. The van der Waals surface area contributed by atoms with Crippen LogP contribution in [0.15, 0.2) is 48.5 Å². The molecule has 29 heavy (non-hydrogen) atoms. The summed E-state index contributed by atoms with van der Waals surface area (Å²) >= 11 is 0. The van der Waals surface area contributed by atoms with E-state index in [1.807, 2.05) is 36.4 Å². The first-order chi connectivity index (χ1) is 14.0. The van der Waals surface area contributed by atoms with Gasteiger partial charge in [-0.15, -0.1) is 0 Å². The summed E-state index contributed by atoms with van der Waals surface area (Å²) in [6.07, 6.45) is 7.69. The second-order valence-corrected chi connectivity index (χ2v) is 8.38. The molecule has 4 rings (SSSR count). The maximum absolute atomic E-state index is 10.9. The van der Waals surface area contributed by atoms with Crippen LogP contribution in [0.4, 0.5) is 0 Å². The molecule has 0 spiro atoms. The molecule has 2 N–H and O–H groups in total. The number of hydrogen-bond acceptors (Lipinski definition) is 4. The molecule has 0 saturated carbocycles. The van der Waals surface area contributed by atoms with E-state index in [-0.39, 0.29) is 18.1 Å². The number of phenolic OH excluding ortho intramolecular Hbond substituents is 1. The molecule has 2 fully saturated rings. The number of carbonyl (C=O) groups is 1. The number of para-hydroxylation sites is 1.